The van der Waals surface area contributed by atoms with Gasteiger partial charge in [0.1, 0.15) is 5.82 Å². The molecule has 94 valence electrons. The Morgan fingerprint density at radius 3 is 2.71 bits per heavy atom. The number of hydrogen-bond donors (Lipinski definition) is 1. The molecule has 1 unspecified atom stereocenters. The van der Waals surface area contributed by atoms with Gasteiger partial charge in [-0.15, -0.1) is 0 Å². The second-order valence-electron chi connectivity index (χ2n) is 5.48. The van der Waals surface area contributed by atoms with Crippen molar-refractivity contribution in [1.29, 1.82) is 0 Å². The lowest BCUT2D eigenvalue weighted by molar-refractivity contribution is 0.207. The number of halogens is 1. The van der Waals surface area contributed by atoms with Gasteiger partial charge in [0, 0.05) is 19.1 Å². The van der Waals surface area contributed by atoms with Crippen molar-refractivity contribution < 1.29 is 4.39 Å². The fraction of sp³-hybridized carbons (Fsp3) is 0.571. The first kappa shape index (κ1) is 12.4. The molecule has 1 aliphatic heterocycles. The Morgan fingerprint density at radius 1 is 1.35 bits per heavy atom. The van der Waals surface area contributed by atoms with E-state index in [2.05, 4.69) is 24.1 Å². The molecule has 0 bridgehead atoms. The molecule has 1 heterocycles. The number of benzene rings is 1. The van der Waals surface area contributed by atoms with Gasteiger partial charge < -0.3 is 10.2 Å². The first-order valence-corrected chi connectivity index (χ1v) is 6.21. The number of para-hydroxylation sites is 1. The number of nitrogens with one attached hydrogen (secondary N) is 1. The van der Waals surface area contributed by atoms with Crippen LogP contribution in [0.3, 0.4) is 0 Å². The molecule has 0 aromatic heterocycles. The van der Waals surface area contributed by atoms with Crippen LogP contribution in [0.5, 0.6) is 0 Å². The van der Waals surface area contributed by atoms with Gasteiger partial charge in [0.15, 0.2) is 0 Å². The van der Waals surface area contributed by atoms with Gasteiger partial charge in [0.25, 0.3) is 0 Å². The normalized spacial score (nSPS) is 23.8. The molecule has 0 spiro atoms. The number of hydrogen-bond acceptors (Lipinski definition) is 2. The quantitative estimate of drug-likeness (QED) is 0.849. The highest BCUT2D eigenvalue weighted by molar-refractivity contribution is 5.48. The number of nitrogens with zero attached hydrogens (tertiary/aromatic N) is 1. The summed E-state index contributed by atoms with van der Waals surface area (Å²) >= 11 is 0. The highest BCUT2D eigenvalue weighted by Crippen LogP contribution is 2.33. The van der Waals surface area contributed by atoms with Gasteiger partial charge in [-0.3, -0.25) is 0 Å². The molecule has 17 heavy (non-hydrogen) atoms. The van der Waals surface area contributed by atoms with E-state index in [9.17, 15) is 4.39 Å². The fourth-order valence-corrected chi connectivity index (χ4v) is 2.57. The summed E-state index contributed by atoms with van der Waals surface area (Å²) in [7, 11) is 1.98. The molecular formula is C14H21FN2. The van der Waals surface area contributed by atoms with Crippen molar-refractivity contribution in [1.82, 2.24) is 5.32 Å². The van der Waals surface area contributed by atoms with E-state index in [0.717, 1.165) is 25.2 Å². The third-order valence-corrected chi connectivity index (χ3v) is 3.91. The van der Waals surface area contributed by atoms with Gasteiger partial charge in [-0.2, -0.15) is 0 Å². The topological polar surface area (TPSA) is 15.3 Å². The highest BCUT2D eigenvalue weighted by Gasteiger charge is 2.35. The van der Waals surface area contributed by atoms with Crippen LogP contribution in [0.25, 0.3) is 0 Å². The maximum Gasteiger partial charge on any atom is 0.146 e. The molecule has 1 aromatic rings. The van der Waals surface area contributed by atoms with E-state index in [1.54, 1.807) is 6.07 Å². The van der Waals surface area contributed by atoms with Gasteiger partial charge in [0.2, 0.25) is 0 Å². The van der Waals surface area contributed by atoms with Crippen molar-refractivity contribution in [2.75, 3.05) is 25.0 Å². The number of rotatable bonds is 2. The third-order valence-electron chi connectivity index (χ3n) is 3.91. The SMILES string of the molecule is CNC1CN(c2ccccc2F)CCC1(C)C. The molecule has 1 aliphatic rings. The molecule has 2 nitrogen and oxygen atoms in total. The lowest BCUT2D eigenvalue weighted by Crippen LogP contribution is -2.54. The van der Waals surface area contributed by atoms with E-state index in [4.69, 9.17) is 0 Å². The van der Waals surface area contributed by atoms with Gasteiger partial charge >= 0.3 is 0 Å². The summed E-state index contributed by atoms with van der Waals surface area (Å²) < 4.78 is 13.7. The van der Waals surface area contributed by atoms with Gasteiger partial charge in [-0.05, 0) is 31.0 Å². The zero-order valence-corrected chi connectivity index (χ0v) is 10.8. The van der Waals surface area contributed by atoms with Crippen molar-refractivity contribution in [2.24, 2.45) is 5.41 Å². The first-order chi connectivity index (χ1) is 8.04. The monoisotopic (exact) mass is 236 g/mol. The molecule has 3 heteroatoms. The van der Waals surface area contributed by atoms with Gasteiger partial charge in [-0.1, -0.05) is 26.0 Å². The maximum absolute atomic E-state index is 13.7. The largest absolute Gasteiger partial charge is 0.368 e. The van der Waals surface area contributed by atoms with Crippen molar-refractivity contribution >= 4 is 5.69 Å². The fourth-order valence-electron chi connectivity index (χ4n) is 2.57. The van der Waals surface area contributed by atoms with Crippen LogP contribution in [-0.4, -0.2) is 26.2 Å². The molecule has 0 radical (unpaired) electrons. The minimum Gasteiger partial charge on any atom is -0.368 e. The van der Waals surface area contributed by atoms with Gasteiger partial charge in [0.05, 0.1) is 5.69 Å². The van der Waals surface area contributed by atoms with E-state index >= 15 is 0 Å². The van der Waals surface area contributed by atoms with E-state index in [-0.39, 0.29) is 11.2 Å². The van der Waals surface area contributed by atoms with E-state index < -0.39 is 0 Å². The summed E-state index contributed by atoms with van der Waals surface area (Å²) in [5, 5.41) is 3.35. The second-order valence-corrected chi connectivity index (χ2v) is 5.48. The average molecular weight is 236 g/mol. The number of anilines is 1. The molecule has 0 aliphatic carbocycles. The van der Waals surface area contributed by atoms with Crippen LogP contribution < -0.4 is 10.2 Å². The number of piperidine rings is 1. The molecule has 0 amide bonds. The predicted molar refractivity (Wildman–Crippen MR) is 69.9 cm³/mol. The third kappa shape index (κ3) is 2.44. The Kier molecular flexibility index (Phi) is 3.38. The van der Waals surface area contributed by atoms with Crippen LogP contribution >= 0.6 is 0 Å². The van der Waals surface area contributed by atoms with Crippen molar-refractivity contribution in [3.8, 4) is 0 Å². The summed E-state index contributed by atoms with van der Waals surface area (Å²) in [4.78, 5) is 2.14. The Labute approximate surface area is 103 Å². The molecule has 1 fully saturated rings. The van der Waals surface area contributed by atoms with Gasteiger partial charge in [-0.25, -0.2) is 4.39 Å². The standard InChI is InChI=1S/C14H21FN2/c1-14(2)8-9-17(10-13(14)16-3)12-7-5-4-6-11(12)15/h4-7,13,16H,8-10H2,1-3H3. The summed E-state index contributed by atoms with van der Waals surface area (Å²) in [5.74, 6) is -0.123. The summed E-state index contributed by atoms with van der Waals surface area (Å²) in [5.41, 5.74) is 1.000. The van der Waals surface area contributed by atoms with Crippen LogP contribution in [0.1, 0.15) is 20.3 Å². The summed E-state index contributed by atoms with van der Waals surface area (Å²) in [6, 6.07) is 7.43. The maximum atomic E-state index is 13.7. The Hall–Kier alpha value is -1.09. The predicted octanol–water partition coefficient (Wildman–Crippen LogP) is 2.65. The number of likely N-dealkylation sites (N-methyl/N-ethyl adjacent to an activating group) is 1. The summed E-state index contributed by atoms with van der Waals surface area (Å²) in [6.07, 6.45) is 1.08. The smallest absolute Gasteiger partial charge is 0.146 e. The summed E-state index contributed by atoms with van der Waals surface area (Å²) in [6.45, 7) is 6.33. The van der Waals surface area contributed by atoms with Crippen LogP contribution in [0, 0.1) is 11.2 Å². The molecule has 2 rings (SSSR count). The lowest BCUT2D eigenvalue weighted by atomic mass is 9.78. The highest BCUT2D eigenvalue weighted by atomic mass is 19.1. The first-order valence-electron chi connectivity index (χ1n) is 6.21. The van der Waals surface area contributed by atoms with Crippen molar-refractivity contribution in [3.05, 3.63) is 30.1 Å². The van der Waals surface area contributed by atoms with Crippen molar-refractivity contribution in [2.45, 2.75) is 26.3 Å². The van der Waals surface area contributed by atoms with Crippen LogP contribution in [0.15, 0.2) is 24.3 Å². The van der Waals surface area contributed by atoms with E-state index in [0.29, 0.717) is 6.04 Å². The molecule has 1 aromatic carbocycles. The van der Waals surface area contributed by atoms with Crippen LogP contribution in [0.2, 0.25) is 0 Å². The zero-order valence-electron chi connectivity index (χ0n) is 10.8. The van der Waals surface area contributed by atoms with Crippen LogP contribution in [0.4, 0.5) is 10.1 Å². The molecule has 1 atom stereocenters. The molecule has 0 saturated carbocycles. The lowest BCUT2D eigenvalue weighted by Gasteiger charge is -2.44. The second kappa shape index (κ2) is 4.65. The molecule has 1 N–H and O–H groups in total. The Bertz CT molecular complexity index is 390. The zero-order chi connectivity index (χ0) is 12.5. The average Bonchev–Trinajstić information content (AvgIpc) is 2.30. The van der Waals surface area contributed by atoms with Crippen molar-refractivity contribution in [3.63, 3.8) is 0 Å². The minimum absolute atomic E-state index is 0.123. The van der Waals surface area contributed by atoms with E-state index in [1.807, 2.05) is 19.2 Å². The van der Waals surface area contributed by atoms with E-state index in [1.165, 1.54) is 6.07 Å². The Morgan fingerprint density at radius 2 is 2.06 bits per heavy atom. The van der Waals surface area contributed by atoms with Crippen LogP contribution in [-0.2, 0) is 0 Å². The molecular weight excluding hydrogens is 215 g/mol. The Balaban J connectivity index is 2.18. The molecule has 1 saturated heterocycles. The minimum atomic E-state index is -0.123.